The summed E-state index contributed by atoms with van der Waals surface area (Å²) in [6.07, 6.45) is 0.757. The molecule has 0 aromatic heterocycles. The molecule has 0 fully saturated rings. The number of carbonyl (C=O) groups excluding carboxylic acids is 1. The van der Waals surface area contributed by atoms with Crippen molar-refractivity contribution in [1.82, 2.24) is 5.32 Å². The number of aliphatic hydroxyl groups excluding tert-OH is 1. The van der Waals surface area contributed by atoms with Crippen LogP contribution in [0.15, 0.2) is 23.1 Å². The van der Waals surface area contributed by atoms with Gasteiger partial charge in [-0.2, -0.15) is 0 Å². The van der Waals surface area contributed by atoms with Gasteiger partial charge in [0.25, 0.3) is 0 Å². The summed E-state index contributed by atoms with van der Waals surface area (Å²) in [6.45, 7) is -0.533. The van der Waals surface area contributed by atoms with Gasteiger partial charge >= 0.3 is 0 Å². The molecular formula is C11H12FNO2S. The fourth-order valence-corrected chi connectivity index (χ4v) is 2.92. The molecule has 1 aromatic rings. The van der Waals surface area contributed by atoms with Gasteiger partial charge in [0, 0.05) is 10.6 Å². The van der Waals surface area contributed by atoms with Crippen molar-refractivity contribution < 1.29 is 14.3 Å². The summed E-state index contributed by atoms with van der Waals surface area (Å²) < 4.78 is 13.5. The zero-order valence-corrected chi connectivity index (χ0v) is 9.39. The van der Waals surface area contributed by atoms with Crippen LogP contribution in [0.4, 0.5) is 4.39 Å². The Bertz CT molecular complexity index is 411. The summed E-state index contributed by atoms with van der Waals surface area (Å²) in [6, 6.07) is 4.68. The van der Waals surface area contributed by atoms with Crippen molar-refractivity contribution in [2.45, 2.75) is 17.4 Å². The Hall–Kier alpha value is -1.07. The predicted molar refractivity (Wildman–Crippen MR) is 59.7 cm³/mol. The number of thioether (sulfide) groups is 1. The quantitative estimate of drug-likeness (QED) is 0.824. The molecule has 1 amide bonds. The Kier molecular flexibility index (Phi) is 3.46. The first-order valence-electron chi connectivity index (χ1n) is 5.04. The van der Waals surface area contributed by atoms with Gasteiger partial charge in [0.15, 0.2) is 0 Å². The summed E-state index contributed by atoms with van der Waals surface area (Å²) in [5.41, 5.74) is 0.804. The van der Waals surface area contributed by atoms with Crippen molar-refractivity contribution >= 4 is 17.7 Å². The molecule has 1 aliphatic heterocycles. The highest BCUT2D eigenvalue weighted by Crippen LogP contribution is 2.37. The third kappa shape index (κ3) is 2.20. The number of carbonyl (C=O) groups is 1. The largest absolute Gasteiger partial charge is 0.387 e. The molecular weight excluding hydrogens is 229 g/mol. The highest BCUT2D eigenvalue weighted by atomic mass is 32.2. The molecule has 1 heterocycles. The number of rotatable bonds is 2. The summed E-state index contributed by atoms with van der Waals surface area (Å²) in [5.74, 6) is 0.0992. The summed E-state index contributed by atoms with van der Waals surface area (Å²) in [4.78, 5) is 11.7. The Balaban J connectivity index is 2.26. The molecule has 1 atom stereocenters. The molecule has 0 aliphatic carbocycles. The van der Waals surface area contributed by atoms with Crippen LogP contribution < -0.4 is 5.32 Å². The van der Waals surface area contributed by atoms with Crippen molar-refractivity contribution in [2.24, 2.45) is 0 Å². The van der Waals surface area contributed by atoms with Gasteiger partial charge in [-0.05, 0) is 18.1 Å². The normalized spacial score (nSPS) is 19.0. The van der Waals surface area contributed by atoms with Gasteiger partial charge in [-0.1, -0.05) is 12.1 Å². The number of hydrogen-bond acceptors (Lipinski definition) is 3. The topological polar surface area (TPSA) is 49.3 Å². The van der Waals surface area contributed by atoms with Crippen molar-refractivity contribution in [3.63, 3.8) is 0 Å². The van der Waals surface area contributed by atoms with E-state index in [1.54, 1.807) is 6.07 Å². The second-order valence-electron chi connectivity index (χ2n) is 3.57. The molecule has 0 saturated carbocycles. The number of benzene rings is 1. The number of fused-ring (bicyclic) bond motifs is 1. The van der Waals surface area contributed by atoms with Gasteiger partial charge in [0.2, 0.25) is 5.91 Å². The first-order valence-corrected chi connectivity index (χ1v) is 6.02. The average Bonchev–Trinajstić information content (AvgIpc) is 2.30. The zero-order chi connectivity index (χ0) is 11.5. The lowest BCUT2D eigenvalue weighted by Gasteiger charge is -2.25. The third-order valence-electron chi connectivity index (χ3n) is 2.50. The average molecular weight is 241 g/mol. The minimum atomic E-state index is -0.533. The molecule has 2 N–H and O–H groups in total. The van der Waals surface area contributed by atoms with Gasteiger partial charge in [0.05, 0.1) is 6.04 Å². The van der Waals surface area contributed by atoms with Gasteiger partial charge < -0.3 is 10.4 Å². The van der Waals surface area contributed by atoms with E-state index in [1.807, 2.05) is 6.07 Å². The van der Waals surface area contributed by atoms with Gasteiger partial charge in [-0.15, -0.1) is 11.8 Å². The SMILES string of the molecule is O=C(CO)NC1CCSc2c(F)cccc21. The maximum Gasteiger partial charge on any atom is 0.246 e. The van der Waals surface area contributed by atoms with Crippen LogP contribution in [0.5, 0.6) is 0 Å². The fraction of sp³-hybridized carbons (Fsp3) is 0.364. The second-order valence-corrected chi connectivity index (χ2v) is 4.68. The number of aliphatic hydroxyl groups is 1. The molecule has 1 aromatic carbocycles. The standard InChI is InChI=1S/C11H12FNO2S/c12-8-3-1-2-7-9(13-10(15)6-14)4-5-16-11(7)8/h1-3,9,14H,4-6H2,(H,13,15). The van der Waals surface area contributed by atoms with Crippen LogP contribution in [0, 0.1) is 5.82 Å². The first-order chi connectivity index (χ1) is 7.72. The lowest BCUT2D eigenvalue weighted by Crippen LogP contribution is -2.32. The molecule has 16 heavy (non-hydrogen) atoms. The van der Waals surface area contributed by atoms with E-state index < -0.39 is 12.5 Å². The zero-order valence-electron chi connectivity index (χ0n) is 8.57. The summed E-state index contributed by atoms with van der Waals surface area (Å²) in [7, 11) is 0. The van der Waals surface area contributed by atoms with Gasteiger partial charge in [0.1, 0.15) is 12.4 Å². The van der Waals surface area contributed by atoms with E-state index in [0.717, 1.165) is 17.7 Å². The molecule has 3 nitrogen and oxygen atoms in total. The first kappa shape index (κ1) is 11.4. The molecule has 0 bridgehead atoms. The van der Waals surface area contributed by atoms with Gasteiger partial charge in [-0.25, -0.2) is 4.39 Å². The Morgan fingerprint density at radius 2 is 2.44 bits per heavy atom. The van der Waals surface area contributed by atoms with Crippen LogP contribution >= 0.6 is 11.8 Å². The number of halogens is 1. The maximum atomic E-state index is 13.5. The van der Waals surface area contributed by atoms with E-state index in [1.165, 1.54) is 17.8 Å². The lowest BCUT2D eigenvalue weighted by molar-refractivity contribution is -0.124. The molecule has 0 radical (unpaired) electrons. The second kappa shape index (κ2) is 4.84. The van der Waals surface area contributed by atoms with Crippen LogP contribution in [-0.4, -0.2) is 23.4 Å². The molecule has 0 spiro atoms. The van der Waals surface area contributed by atoms with E-state index in [0.29, 0.717) is 4.90 Å². The molecule has 1 unspecified atom stereocenters. The Morgan fingerprint density at radius 3 is 3.19 bits per heavy atom. The third-order valence-corrected chi connectivity index (χ3v) is 3.66. The molecule has 0 saturated heterocycles. The van der Waals surface area contributed by atoms with Crippen LogP contribution in [0.2, 0.25) is 0 Å². The van der Waals surface area contributed by atoms with E-state index in [2.05, 4.69) is 5.32 Å². The maximum absolute atomic E-state index is 13.5. The van der Waals surface area contributed by atoms with Crippen molar-refractivity contribution in [3.05, 3.63) is 29.6 Å². The minimum absolute atomic E-state index is 0.188. The van der Waals surface area contributed by atoms with E-state index >= 15 is 0 Å². The Labute approximate surface area is 97.0 Å². The molecule has 1 aliphatic rings. The minimum Gasteiger partial charge on any atom is -0.387 e. The Morgan fingerprint density at radius 1 is 1.62 bits per heavy atom. The lowest BCUT2D eigenvalue weighted by atomic mass is 10.0. The monoisotopic (exact) mass is 241 g/mol. The highest BCUT2D eigenvalue weighted by molar-refractivity contribution is 7.99. The summed E-state index contributed by atoms with van der Waals surface area (Å²) in [5, 5.41) is 11.4. The summed E-state index contributed by atoms with van der Waals surface area (Å²) >= 11 is 1.46. The van der Waals surface area contributed by atoms with Crippen LogP contribution in [0.25, 0.3) is 0 Å². The van der Waals surface area contributed by atoms with Crippen LogP contribution in [-0.2, 0) is 4.79 Å². The van der Waals surface area contributed by atoms with Crippen molar-refractivity contribution in [1.29, 1.82) is 0 Å². The van der Waals surface area contributed by atoms with Crippen LogP contribution in [0.3, 0.4) is 0 Å². The van der Waals surface area contributed by atoms with Crippen LogP contribution in [0.1, 0.15) is 18.0 Å². The van der Waals surface area contributed by atoms with Crippen molar-refractivity contribution in [2.75, 3.05) is 12.4 Å². The smallest absolute Gasteiger partial charge is 0.246 e. The molecule has 86 valence electrons. The van der Waals surface area contributed by atoms with E-state index in [-0.39, 0.29) is 11.9 Å². The predicted octanol–water partition coefficient (Wildman–Crippen LogP) is 1.47. The molecule has 5 heteroatoms. The van der Waals surface area contributed by atoms with Gasteiger partial charge in [-0.3, -0.25) is 4.79 Å². The van der Waals surface area contributed by atoms with E-state index in [4.69, 9.17) is 5.11 Å². The number of amides is 1. The highest BCUT2D eigenvalue weighted by Gasteiger charge is 2.23. The van der Waals surface area contributed by atoms with Crippen molar-refractivity contribution in [3.8, 4) is 0 Å². The number of hydrogen-bond donors (Lipinski definition) is 2. The fourth-order valence-electron chi connectivity index (χ4n) is 1.78. The molecule has 2 rings (SSSR count). The van der Waals surface area contributed by atoms with E-state index in [9.17, 15) is 9.18 Å². The number of nitrogens with one attached hydrogen (secondary N) is 1.